The highest BCUT2D eigenvalue weighted by Gasteiger charge is 2.36. The van der Waals surface area contributed by atoms with Gasteiger partial charge in [0, 0.05) is 71.0 Å². The van der Waals surface area contributed by atoms with Crippen LogP contribution in [0, 0.1) is 11.8 Å². The van der Waals surface area contributed by atoms with Gasteiger partial charge in [0.05, 0.1) is 17.7 Å². The second kappa shape index (κ2) is 14.8. The molecule has 0 saturated carbocycles. The molecule has 5 rings (SSSR count). The number of halogens is 3. The first-order chi connectivity index (χ1) is 22.5. The number of carbonyl (C=O) groups excluding carboxylic acids is 3. The van der Waals surface area contributed by atoms with Crippen molar-refractivity contribution >= 4 is 34.9 Å². The van der Waals surface area contributed by atoms with E-state index in [-0.39, 0.29) is 48.3 Å². The van der Waals surface area contributed by atoms with E-state index in [4.69, 9.17) is 4.74 Å². The minimum Gasteiger partial charge on any atom is -0.450 e. The zero-order valence-corrected chi connectivity index (χ0v) is 26.4. The normalized spacial score (nSPS) is 15.7. The van der Waals surface area contributed by atoms with E-state index in [0.29, 0.717) is 57.1 Å². The van der Waals surface area contributed by atoms with Crippen LogP contribution in [0.2, 0.25) is 0 Å². The molecule has 2 amide bonds. The Morgan fingerprint density at radius 3 is 2.45 bits per heavy atom. The molecule has 3 aromatic rings. The summed E-state index contributed by atoms with van der Waals surface area (Å²) in [6.07, 6.45) is 0.297. The summed E-state index contributed by atoms with van der Waals surface area (Å²) in [5, 5.41) is 6.73. The number of carbonyl (C=O) groups is 3. The highest BCUT2D eigenvalue weighted by Crippen LogP contribution is 2.38. The van der Waals surface area contributed by atoms with Gasteiger partial charge >= 0.3 is 12.3 Å². The number of rotatable bonds is 9. The lowest BCUT2D eigenvalue weighted by molar-refractivity contribution is -0.137. The fourth-order valence-corrected chi connectivity index (χ4v) is 5.78. The van der Waals surface area contributed by atoms with Gasteiger partial charge in [-0.15, -0.1) is 5.10 Å². The molecule has 15 heteroatoms. The summed E-state index contributed by atoms with van der Waals surface area (Å²) in [6.45, 7) is 7.50. The Kier molecular flexibility index (Phi) is 10.6. The Hall–Kier alpha value is -4.71. The van der Waals surface area contributed by atoms with Crippen molar-refractivity contribution in [2.75, 3.05) is 56.1 Å². The Morgan fingerprint density at radius 1 is 1.02 bits per heavy atom. The minimum absolute atomic E-state index is 0.0522. The highest BCUT2D eigenvalue weighted by atomic mass is 19.4. The largest absolute Gasteiger partial charge is 0.450 e. The van der Waals surface area contributed by atoms with E-state index >= 15 is 0 Å². The van der Waals surface area contributed by atoms with Gasteiger partial charge in [-0.1, -0.05) is 5.92 Å². The number of Topliss-reactive ketones (excluding diaryl/α,β-unsaturated/α-hetero) is 1. The summed E-state index contributed by atoms with van der Waals surface area (Å²) in [6, 6.07) is 2.71. The number of ether oxygens (including phenoxy) is 1. The van der Waals surface area contributed by atoms with E-state index in [1.54, 1.807) is 29.5 Å². The molecule has 1 N–H and O–H groups in total. The number of fused-ring (bicyclic) bond motifs is 1. The van der Waals surface area contributed by atoms with Crippen molar-refractivity contribution in [1.82, 2.24) is 29.4 Å². The van der Waals surface area contributed by atoms with Gasteiger partial charge in [-0.25, -0.2) is 19.3 Å². The van der Waals surface area contributed by atoms with E-state index < -0.39 is 17.8 Å². The third kappa shape index (κ3) is 8.37. The van der Waals surface area contributed by atoms with Crippen LogP contribution >= 0.6 is 0 Å². The van der Waals surface area contributed by atoms with Crippen LogP contribution in [-0.2, 0) is 27.0 Å². The topological polar surface area (TPSA) is 125 Å². The zero-order valence-electron chi connectivity index (χ0n) is 26.4. The van der Waals surface area contributed by atoms with Crippen LogP contribution in [0.1, 0.15) is 57.1 Å². The molecular weight excluding hydrogens is 617 g/mol. The van der Waals surface area contributed by atoms with E-state index in [0.717, 1.165) is 37.1 Å². The van der Waals surface area contributed by atoms with Crippen LogP contribution in [-0.4, -0.2) is 93.0 Å². The molecule has 2 saturated heterocycles. The molecule has 250 valence electrons. The van der Waals surface area contributed by atoms with E-state index in [1.807, 2.05) is 6.07 Å². The standard InChI is InChI=1S/C32H37F3N8O4/c1-3-8-23(44)9-10-28(45)41-15-13-40(14-16-41)20-22-17-26-30(42-11-6-5-7-12-42)38-29(39-43(26)21-22)24-19-36-27(37-31(46)47-4-2)18-25(24)32(33,34)35/h17-19,21H,4-7,9-16,20H2,1-2H3,(H,36,37,46). The van der Waals surface area contributed by atoms with Crippen LogP contribution in [0.3, 0.4) is 0 Å². The van der Waals surface area contributed by atoms with Crippen LogP contribution < -0.4 is 10.2 Å². The van der Waals surface area contributed by atoms with Gasteiger partial charge in [0.25, 0.3) is 0 Å². The lowest BCUT2D eigenvalue weighted by Gasteiger charge is -2.34. The Morgan fingerprint density at radius 2 is 1.77 bits per heavy atom. The van der Waals surface area contributed by atoms with E-state index in [9.17, 15) is 27.6 Å². The van der Waals surface area contributed by atoms with E-state index in [2.05, 4.69) is 42.0 Å². The number of alkyl halides is 3. The number of amides is 2. The van der Waals surface area contributed by atoms with Crippen LogP contribution in [0.15, 0.2) is 24.5 Å². The summed E-state index contributed by atoms with van der Waals surface area (Å²) in [4.78, 5) is 50.8. The Bertz CT molecular complexity index is 1680. The lowest BCUT2D eigenvalue weighted by atomic mass is 10.1. The zero-order chi connectivity index (χ0) is 33.6. The lowest BCUT2D eigenvalue weighted by Crippen LogP contribution is -2.48. The second-order valence-electron chi connectivity index (χ2n) is 11.4. The first kappa shape index (κ1) is 33.6. The molecule has 0 spiro atoms. The number of aromatic nitrogens is 4. The highest BCUT2D eigenvalue weighted by molar-refractivity contribution is 5.97. The molecule has 3 aromatic heterocycles. The van der Waals surface area contributed by atoms with Crippen molar-refractivity contribution in [3.63, 3.8) is 0 Å². The first-order valence-corrected chi connectivity index (χ1v) is 15.7. The quantitative estimate of drug-likeness (QED) is 0.264. The van der Waals surface area contributed by atoms with E-state index in [1.165, 1.54) is 0 Å². The number of nitrogens with one attached hydrogen (secondary N) is 1. The number of nitrogens with zero attached hydrogens (tertiary/aromatic N) is 7. The molecule has 0 aromatic carbocycles. The van der Waals surface area contributed by atoms with Gasteiger partial charge in [-0.3, -0.25) is 19.8 Å². The summed E-state index contributed by atoms with van der Waals surface area (Å²) < 4.78 is 49.3. The fourth-order valence-electron chi connectivity index (χ4n) is 5.78. The maximum absolute atomic E-state index is 14.3. The summed E-state index contributed by atoms with van der Waals surface area (Å²) >= 11 is 0. The number of piperidine rings is 1. The maximum Gasteiger partial charge on any atom is 0.417 e. The molecule has 5 heterocycles. The van der Waals surface area contributed by atoms with Crippen LogP contribution in [0.25, 0.3) is 16.9 Å². The number of piperazine rings is 1. The van der Waals surface area contributed by atoms with Crippen LogP contribution in [0.4, 0.5) is 29.6 Å². The van der Waals surface area contributed by atoms with Crippen LogP contribution in [0.5, 0.6) is 0 Å². The molecular formula is C32H37F3N8O4. The molecule has 47 heavy (non-hydrogen) atoms. The third-order valence-electron chi connectivity index (χ3n) is 8.07. The number of ketones is 1. The molecule has 0 atom stereocenters. The van der Waals surface area contributed by atoms with Crippen molar-refractivity contribution in [3.05, 3.63) is 35.7 Å². The van der Waals surface area contributed by atoms with Gasteiger partial charge < -0.3 is 14.5 Å². The smallest absolute Gasteiger partial charge is 0.417 e. The van der Waals surface area contributed by atoms with Crippen molar-refractivity contribution in [1.29, 1.82) is 0 Å². The Labute approximate surface area is 270 Å². The average molecular weight is 655 g/mol. The van der Waals surface area contributed by atoms with Gasteiger partial charge in [-0.2, -0.15) is 13.2 Å². The van der Waals surface area contributed by atoms with Gasteiger partial charge in [0.1, 0.15) is 11.3 Å². The van der Waals surface area contributed by atoms with Crippen molar-refractivity contribution in [2.45, 2.75) is 58.7 Å². The van der Waals surface area contributed by atoms with Gasteiger partial charge in [0.2, 0.25) is 11.7 Å². The number of hydrogen-bond acceptors (Lipinski definition) is 9. The molecule has 2 aliphatic heterocycles. The molecule has 0 unspecified atom stereocenters. The second-order valence-corrected chi connectivity index (χ2v) is 11.4. The number of anilines is 2. The molecule has 2 aliphatic rings. The van der Waals surface area contributed by atoms with Crippen molar-refractivity contribution in [2.24, 2.45) is 0 Å². The summed E-state index contributed by atoms with van der Waals surface area (Å²) in [5.74, 6) is 4.79. The van der Waals surface area contributed by atoms with Crippen molar-refractivity contribution < 1.29 is 32.3 Å². The van der Waals surface area contributed by atoms with Crippen molar-refractivity contribution in [3.8, 4) is 23.2 Å². The molecule has 0 bridgehead atoms. The minimum atomic E-state index is -4.78. The molecule has 0 aliphatic carbocycles. The monoisotopic (exact) mass is 654 g/mol. The SMILES string of the molecule is CC#CC(=O)CCC(=O)N1CCN(Cc2cc3c(N4CCCCC4)nc(-c4cnc(NC(=O)OCC)cc4C(F)(F)F)nn3c2)CC1. The molecule has 0 radical (unpaired) electrons. The molecule has 2 fully saturated rings. The third-order valence-corrected chi connectivity index (χ3v) is 8.07. The number of hydrogen-bond donors (Lipinski definition) is 1. The predicted octanol–water partition coefficient (Wildman–Crippen LogP) is 4.39. The number of pyridine rings is 1. The summed E-state index contributed by atoms with van der Waals surface area (Å²) in [7, 11) is 0. The Balaban J connectivity index is 1.39. The predicted molar refractivity (Wildman–Crippen MR) is 167 cm³/mol. The summed E-state index contributed by atoms with van der Waals surface area (Å²) in [5.41, 5.74) is 0.236. The van der Waals surface area contributed by atoms with Gasteiger partial charge in [0.15, 0.2) is 11.6 Å². The first-order valence-electron chi connectivity index (χ1n) is 15.7. The van der Waals surface area contributed by atoms with Gasteiger partial charge in [-0.05, 0) is 56.7 Å². The maximum atomic E-state index is 14.3. The fraction of sp³-hybridized carbons (Fsp3) is 0.500. The average Bonchev–Trinajstić information content (AvgIpc) is 3.46. The molecule has 12 nitrogen and oxygen atoms in total.